The van der Waals surface area contributed by atoms with E-state index in [1.165, 1.54) is 5.56 Å². The third kappa shape index (κ3) is 14.4. The van der Waals surface area contributed by atoms with Crippen molar-refractivity contribution in [2.24, 2.45) is 23.7 Å². The molecule has 9 nitrogen and oxygen atoms in total. The van der Waals surface area contributed by atoms with Crippen molar-refractivity contribution in [2.75, 3.05) is 26.9 Å². The lowest BCUT2D eigenvalue weighted by Crippen LogP contribution is -2.49. The van der Waals surface area contributed by atoms with Crippen LogP contribution in [0.4, 0.5) is 4.79 Å². The van der Waals surface area contributed by atoms with Crippen LogP contribution in [0, 0.1) is 23.7 Å². The van der Waals surface area contributed by atoms with Gasteiger partial charge in [0, 0.05) is 50.8 Å². The second-order valence-corrected chi connectivity index (χ2v) is 13.9. The first-order chi connectivity index (χ1) is 20.3. The second kappa shape index (κ2) is 18.5. The zero-order valence-corrected chi connectivity index (χ0v) is 28.0. The molecule has 2 amide bonds. The summed E-state index contributed by atoms with van der Waals surface area (Å²) in [5.74, 6) is 0.0566. The molecule has 2 rings (SSSR count). The molecule has 246 valence electrons. The Morgan fingerprint density at radius 1 is 1.09 bits per heavy atom. The van der Waals surface area contributed by atoms with Crippen LogP contribution < -0.4 is 10.6 Å². The summed E-state index contributed by atoms with van der Waals surface area (Å²) >= 11 is 0. The van der Waals surface area contributed by atoms with E-state index in [1.807, 2.05) is 40.8 Å². The molecule has 0 bridgehead atoms. The molecule has 2 heterocycles. The summed E-state index contributed by atoms with van der Waals surface area (Å²) in [7, 11) is 1.72. The van der Waals surface area contributed by atoms with Crippen LogP contribution in [0.2, 0.25) is 0 Å². The van der Waals surface area contributed by atoms with Crippen LogP contribution in [0.5, 0.6) is 0 Å². The van der Waals surface area contributed by atoms with E-state index >= 15 is 0 Å². The lowest BCUT2D eigenvalue weighted by atomic mass is 9.80. The molecule has 0 saturated carbocycles. The lowest BCUT2D eigenvalue weighted by molar-refractivity contribution is -0.129. The number of carbonyl (C=O) groups is 2. The molecular weight excluding hydrogens is 546 g/mol. The Bertz CT molecular complexity index is 958. The SMILES string of the molecule is COCCCCc1cc(CC(CC(NC(=O)OC(C)(C)C)C(O)CC(C(=O)NC2CCOCC2)C(C)C)C(C)C)ccn1. The van der Waals surface area contributed by atoms with Crippen LogP contribution in [0.1, 0.15) is 98.2 Å². The van der Waals surface area contributed by atoms with Crippen LogP contribution in [-0.4, -0.2) is 72.8 Å². The number of aromatic nitrogens is 1. The maximum atomic E-state index is 13.3. The van der Waals surface area contributed by atoms with Gasteiger partial charge in [-0.15, -0.1) is 0 Å². The van der Waals surface area contributed by atoms with Gasteiger partial charge in [0.05, 0.1) is 12.1 Å². The van der Waals surface area contributed by atoms with Crippen LogP contribution in [0.15, 0.2) is 18.3 Å². The van der Waals surface area contributed by atoms with Gasteiger partial charge in [0.1, 0.15) is 5.60 Å². The van der Waals surface area contributed by atoms with Crippen molar-refractivity contribution >= 4 is 12.0 Å². The number of pyridine rings is 1. The number of rotatable bonds is 17. The zero-order chi connectivity index (χ0) is 32.0. The molecule has 0 aromatic carbocycles. The predicted molar refractivity (Wildman–Crippen MR) is 170 cm³/mol. The van der Waals surface area contributed by atoms with Crippen LogP contribution in [-0.2, 0) is 31.8 Å². The Morgan fingerprint density at radius 2 is 1.79 bits per heavy atom. The maximum absolute atomic E-state index is 13.3. The number of aryl methyl sites for hydroxylation is 1. The van der Waals surface area contributed by atoms with Gasteiger partial charge in [0.15, 0.2) is 0 Å². The fourth-order valence-electron chi connectivity index (χ4n) is 5.59. The van der Waals surface area contributed by atoms with Crippen molar-refractivity contribution in [2.45, 2.75) is 124 Å². The van der Waals surface area contributed by atoms with Gasteiger partial charge >= 0.3 is 6.09 Å². The van der Waals surface area contributed by atoms with Gasteiger partial charge in [0.2, 0.25) is 5.91 Å². The van der Waals surface area contributed by atoms with E-state index in [2.05, 4.69) is 41.6 Å². The van der Waals surface area contributed by atoms with Crippen molar-refractivity contribution in [3.63, 3.8) is 0 Å². The van der Waals surface area contributed by atoms with Crippen molar-refractivity contribution in [1.29, 1.82) is 0 Å². The topological polar surface area (TPSA) is 119 Å². The number of alkyl carbamates (subject to hydrolysis) is 1. The van der Waals surface area contributed by atoms with Crippen LogP contribution >= 0.6 is 0 Å². The normalized spacial score (nSPS) is 17.4. The van der Waals surface area contributed by atoms with Gasteiger partial charge < -0.3 is 30.0 Å². The number of aliphatic hydroxyl groups excluding tert-OH is 1. The summed E-state index contributed by atoms with van der Waals surface area (Å²) in [6.07, 6.45) is 6.49. The van der Waals surface area contributed by atoms with E-state index in [1.54, 1.807) is 7.11 Å². The maximum Gasteiger partial charge on any atom is 0.407 e. The molecule has 1 aromatic heterocycles. The van der Waals surface area contributed by atoms with Crippen molar-refractivity contribution in [3.8, 4) is 0 Å². The smallest absolute Gasteiger partial charge is 0.407 e. The summed E-state index contributed by atoms with van der Waals surface area (Å²) in [5.41, 5.74) is 1.59. The number of unbranched alkanes of at least 4 members (excludes halogenated alkanes) is 1. The number of methoxy groups -OCH3 is 1. The van der Waals surface area contributed by atoms with Crippen molar-refractivity contribution < 1.29 is 28.9 Å². The largest absolute Gasteiger partial charge is 0.444 e. The van der Waals surface area contributed by atoms with Gasteiger partial charge in [-0.2, -0.15) is 0 Å². The third-order valence-corrected chi connectivity index (χ3v) is 8.28. The van der Waals surface area contributed by atoms with Gasteiger partial charge in [-0.3, -0.25) is 9.78 Å². The fraction of sp³-hybridized carbons (Fsp3) is 0.794. The molecule has 0 spiro atoms. The van der Waals surface area contributed by atoms with E-state index in [9.17, 15) is 14.7 Å². The summed E-state index contributed by atoms with van der Waals surface area (Å²) < 4.78 is 16.2. The molecule has 1 aromatic rings. The van der Waals surface area contributed by atoms with Gasteiger partial charge in [-0.05, 0) is 108 Å². The van der Waals surface area contributed by atoms with Gasteiger partial charge in [-0.25, -0.2) is 4.79 Å². The van der Waals surface area contributed by atoms with Crippen LogP contribution in [0.3, 0.4) is 0 Å². The Labute approximate surface area is 260 Å². The number of aliphatic hydroxyl groups is 1. The first-order valence-corrected chi connectivity index (χ1v) is 16.3. The molecule has 3 N–H and O–H groups in total. The van der Waals surface area contributed by atoms with E-state index in [4.69, 9.17) is 14.2 Å². The van der Waals surface area contributed by atoms with E-state index in [-0.39, 0.29) is 36.1 Å². The molecule has 0 radical (unpaired) electrons. The number of hydrogen-bond acceptors (Lipinski definition) is 7. The predicted octanol–water partition coefficient (Wildman–Crippen LogP) is 5.47. The first kappa shape index (κ1) is 37.0. The fourth-order valence-corrected chi connectivity index (χ4v) is 5.59. The molecule has 9 heteroatoms. The number of nitrogens with one attached hydrogen (secondary N) is 2. The molecule has 1 aliphatic rings. The number of hydrogen-bond donors (Lipinski definition) is 3. The van der Waals surface area contributed by atoms with Gasteiger partial charge in [0.25, 0.3) is 0 Å². The highest BCUT2D eigenvalue weighted by Gasteiger charge is 2.34. The van der Waals surface area contributed by atoms with E-state index < -0.39 is 23.8 Å². The van der Waals surface area contributed by atoms with Gasteiger partial charge in [-0.1, -0.05) is 27.7 Å². The summed E-state index contributed by atoms with van der Waals surface area (Å²) in [4.78, 5) is 30.8. The van der Waals surface area contributed by atoms with E-state index in [0.717, 1.165) is 50.8 Å². The zero-order valence-electron chi connectivity index (χ0n) is 28.0. The standard InChI is InChI=1S/C34H59N3O6/c1-23(2)26(19-25-12-15-35-28(20-25)11-9-10-16-41-8)21-30(37-33(40)43-34(5,6)7)31(38)22-29(24(3)4)32(39)36-27-13-17-42-18-14-27/h12,15,20,23-24,26-27,29-31,38H,9-11,13-14,16-19,21-22H2,1-8H3,(H,36,39)(H,37,40). The molecule has 0 aliphatic carbocycles. The highest BCUT2D eigenvalue weighted by Crippen LogP contribution is 2.27. The number of carbonyl (C=O) groups excluding carboxylic acids is 2. The Kier molecular flexibility index (Phi) is 15.9. The Morgan fingerprint density at radius 3 is 2.40 bits per heavy atom. The molecule has 1 saturated heterocycles. The molecule has 43 heavy (non-hydrogen) atoms. The Balaban J connectivity index is 2.19. The minimum Gasteiger partial charge on any atom is -0.444 e. The molecular formula is C34H59N3O6. The molecule has 4 atom stereocenters. The number of amides is 2. The first-order valence-electron chi connectivity index (χ1n) is 16.3. The minimum atomic E-state index is -0.921. The summed E-state index contributed by atoms with van der Waals surface area (Å²) in [5, 5.41) is 17.8. The third-order valence-electron chi connectivity index (χ3n) is 8.28. The average molecular weight is 606 g/mol. The number of ether oxygens (including phenoxy) is 3. The monoisotopic (exact) mass is 605 g/mol. The summed E-state index contributed by atoms with van der Waals surface area (Å²) in [6.45, 7) is 15.9. The average Bonchev–Trinajstić information content (AvgIpc) is 2.92. The number of nitrogens with zero attached hydrogens (tertiary/aromatic N) is 1. The van der Waals surface area contributed by atoms with Crippen molar-refractivity contribution in [1.82, 2.24) is 15.6 Å². The highest BCUT2D eigenvalue weighted by atomic mass is 16.6. The highest BCUT2D eigenvalue weighted by molar-refractivity contribution is 5.79. The van der Waals surface area contributed by atoms with Crippen LogP contribution in [0.25, 0.3) is 0 Å². The summed E-state index contributed by atoms with van der Waals surface area (Å²) in [6, 6.07) is 3.74. The Hall–Kier alpha value is -2.23. The second-order valence-electron chi connectivity index (χ2n) is 13.9. The molecule has 4 unspecified atom stereocenters. The molecule has 1 aliphatic heterocycles. The minimum absolute atomic E-state index is 0.0247. The van der Waals surface area contributed by atoms with E-state index in [0.29, 0.717) is 25.6 Å². The quantitative estimate of drug-likeness (QED) is 0.202. The molecule has 1 fully saturated rings. The van der Waals surface area contributed by atoms with Crippen molar-refractivity contribution in [3.05, 3.63) is 29.6 Å². The lowest BCUT2D eigenvalue weighted by Gasteiger charge is -2.33.